The van der Waals surface area contributed by atoms with Crippen molar-refractivity contribution in [2.75, 3.05) is 0 Å². The van der Waals surface area contributed by atoms with Crippen molar-refractivity contribution in [1.29, 1.82) is 5.26 Å². The number of rotatable bonds is 7. The number of halogens is 3. The highest BCUT2D eigenvalue weighted by Gasteiger charge is 2.37. The lowest BCUT2D eigenvalue weighted by Gasteiger charge is -2.24. The monoisotopic (exact) mass is 1020 g/mol. The lowest BCUT2D eigenvalue weighted by molar-refractivity contribution is -0.137. The summed E-state index contributed by atoms with van der Waals surface area (Å²) in [7, 11) is 0. The minimum absolute atomic E-state index is 0.165. The molecule has 0 atom stereocenters. The second kappa shape index (κ2) is 18.7. The van der Waals surface area contributed by atoms with Crippen LogP contribution in [0.25, 0.3) is 115 Å². The summed E-state index contributed by atoms with van der Waals surface area (Å²) in [6, 6.07) is 60.6. The Morgan fingerprint density at radius 2 is 0.692 bits per heavy atom. The Hall–Kier alpha value is -9.43. The van der Waals surface area contributed by atoms with E-state index in [2.05, 4.69) is 188 Å². The normalized spacial score (nSPS) is 11.8. The van der Waals surface area contributed by atoms with E-state index in [-0.39, 0.29) is 22.4 Å². The van der Waals surface area contributed by atoms with E-state index in [0.717, 1.165) is 139 Å². The number of aromatic nitrogens is 2. The molecule has 0 saturated carbocycles. The van der Waals surface area contributed by atoms with Crippen LogP contribution in [-0.4, -0.2) is 9.13 Å². The van der Waals surface area contributed by atoms with Gasteiger partial charge < -0.3 is 9.13 Å². The van der Waals surface area contributed by atoms with E-state index < -0.39 is 11.7 Å². The van der Waals surface area contributed by atoms with E-state index in [1.165, 1.54) is 12.1 Å². The summed E-state index contributed by atoms with van der Waals surface area (Å²) in [5.74, 6) is 0. The molecule has 0 amide bonds. The molecule has 12 aromatic rings. The Morgan fingerprint density at radius 3 is 0.962 bits per heavy atom. The van der Waals surface area contributed by atoms with Crippen molar-refractivity contribution in [3.8, 4) is 73.1 Å². The van der Waals surface area contributed by atoms with Crippen molar-refractivity contribution >= 4 is 49.3 Å². The van der Waals surface area contributed by atoms with Crippen molar-refractivity contribution in [1.82, 2.24) is 9.13 Å². The molecule has 0 aliphatic carbocycles. The molecule has 12 rings (SSSR count). The third kappa shape index (κ3) is 8.59. The van der Waals surface area contributed by atoms with Crippen molar-refractivity contribution in [2.24, 2.45) is 0 Å². The lowest BCUT2D eigenvalue weighted by atomic mass is 9.92. The van der Waals surface area contributed by atoms with E-state index >= 15 is 13.2 Å². The predicted molar refractivity (Wildman–Crippen MR) is 316 cm³/mol. The quantitative estimate of drug-likeness (QED) is 0.147. The van der Waals surface area contributed by atoms with E-state index in [1.807, 2.05) is 33.4 Å². The molecule has 0 bridgehead atoms. The van der Waals surface area contributed by atoms with Gasteiger partial charge in [-0.2, -0.15) is 18.4 Å². The number of aryl methyl sites for hydroxylation is 8. The summed E-state index contributed by atoms with van der Waals surface area (Å²) in [6.45, 7) is 25.2. The fourth-order valence-electron chi connectivity index (χ4n) is 12.3. The van der Waals surface area contributed by atoms with Gasteiger partial charge in [0.05, 0.1) is 57.2 Å². The zero-order chi connectivity index (χ0) is 54.5. The molecule has 378 valence electrons. The molecule has 0 N–H and O–H groups in total. The van der Waals surface area contributed by atoms with E-state index in [9.17, 15) is 5.26 Å². The van der Waals surface area contributed by atoms with Crippen LogP contribution >= 0.6 is 0 Å². The van der Waals surface area contributed by atoms with Crippen LogP contribution in [0.1, 0.15) is 55.6 Å². The summed E-state index contributed by atoms with van der Waals surface area (Å²) in [4.78, 5) is 3.86. The van der Waals surface area contributed by atoms with Crippen molar-refractivity contribution < 1.29 is 13.2 Å². The molecule has 0 saturated heterocycles. The summed E-state index contributed by atoms with van der Waals surface area (Å²) in [5, 5.41) is 14.7. The molecule has 0 spiro atoms. The van der Waals surface area contributed by atoms with Crippen LogP contribution in [0.4, 0.5) is 18.9 Å². The maximum absolute atomic E-state index is 16.0. The fraction of sp³-hybridized carbons (Fsp3) is 0.127. The van der Waals surface area contributed by atoms with Crippen LogP contribution in [-0.2, 0) is 6.18 Å². The smallest absolute Gasteiger partial charge is 0.309 e. The predicted octanol–water partition coefficient (Wildman–Crippen LogP) is 20.1. The Balaban J connectivity index is 1.25. The fourth-order valence-corrected chi connectivity index (χ4v) is 12.3. The van der Waals surface area contributed by atoms with Gasteiger partial charge in [-0.3, -0.25) is 0 Å². The molecule has 0 fully saturated rings. The summed E-state index contributed by atoms with van der Waals surface area (Å²) in [5.41, 5.74) is 19.7. The van der Waals surface area contributed by atoms with Crippen LogP contribution in [0.2, 0.25) is 0 Å². The maximum Gasteiger partial charge on any atom is 0.415 e. The lowest BCUT2D eigenvalue weighted by Crippen LogP contribution is -2.11. The summed E-state index contributed by atoms with van der Waals surface area (Å²) >= 11 is 0. The molecule has 4 nitrogen and oxygen atoms in total. The van der Waals surface area contributed by atoms with Gasteiger partial charge in [-0.15, -0.1) is 0 Å². The van der Waals surface area contributed by atoms with Crippen molar-refractivity contribution in [3.63, 3.8) is 0 Å². The number of hydrogen-bond donors (Lipinski definition) is 0. The number of fused-ring (bicyclic) bond motifs is 6. The summed E-state index contributed by atoms with van der Waals surface area (Å²) in [6.07, 6.45) is -4.87. The molecule has 2 heterocycles. The number of alkyl halides is 3. The molecular formula is C71H53F3N4. The molecule has 0 unspecified atom stereocenters. The standard InChI is InChI=1S/C71H53F3N4/c1-40-21-41(2)26-53(25-40)49-13-17-63-57(35-49)58-36-50(54-27-42(3)22-43(4)28-54)14-18-64(58)77(63)67-33-48(39-75)34-68(70(67)69-61(71(72,73)74)11-10-12-62(69)76-9)78-65-19-15-51(55-29-44(5)23-45(6)30-55)37-59(65)60-38-52(16-20-66(60)78)56-31-46(7)24-47(8)32-56/h10-38H,1-8H3. The molecule has 78 heavy (non-hydrogen) atoms. The molecule has 2 aromatic heterocycles. The molecule has 0 aliphatic rings. The zero-order valence-corrected chi connectivity index (χ0v) is 44.7. The third-order valence-corrected chi connectivity index (χ3v) is 15.2. The van der Waals surface area contributed by atoms with Gasteiger partial charge in [0, 0.05) is 32.7 Å². The van der Waals surface area contributed by atoms with Crippen LogP contribution in [0.5, 0.6) is 0 Å². The van der Waals surface area contributed by atoms with Gasteiger partial charge in [-0.25, -0.2) is 4.85 Å². The van der Waals surface area contributed by atoms with E-state index in [0.29, 0.717) is 11.4 Å². The van der Waals surface area contributed by atoms with Crippen LogP contribution in [0, 0.1) is 73.3 Å². The second-order valence-corrected chi connectivity index (χ2v) is 21.4. The number of nitrogens with zero attached hydrogens (tertiary/aromatic N) is 4. The number of nitriles is 1. The van der Waals surface area contributed by atoms with Gasteiger partial charge in [0.15, 0.2) is 5.69 Å². The maximum atomic E-state index is 16.0. The highest BCUT2D eigenvalue weighted by Crippen LogP contribution is 2.51. The zero-order valence-electron chi connectivity index (χ0n) is 44.7. The largest absolute Gasteiger partial charge is 0.415 e. The average Bonchev–Trinajstić information content (AvgIpc) is 4.14. The van der Waals surface area contributed by atoms with E-state index in [1.54, 1.807) is 12.1 Å². The first kappa shape index (κ1) is 49.4. The average molecular weight is 1020 g/mol. The van der Waals surface area contributed by atoms with Crippen molar-refractivity contribution in [2.45, 2.75) is 61.6 Å². The molecule has 0 aliphatic heterocycles. The summed E-state index contributed by atoms with van der Waals surface area (Å²) < 4.78 is 52.1. The Bertz CT molecular complexity index is 4060. The number of benzene rings is 10. The van der Waals surface area contributed by atoms with Crippen molar-refractivity contribution in [3.05, 3.63) is 243 Å². The Morgan fingerprint density at radius 1 is 0.385 bits per heavy atom. The van der Waals surface area contributed by atoms with Gasteiger partial charge in [0.1, 0.15) is 0 Å². The van der Waals surface area contributed by atoms with E-state index in [4.69, 9.17) is 6.57 Å². The van der Waals surface area contributed by atoms with Gasteiger partial charge in [0.2, 0.25) is 0 Å². The molecule has 10 aromatic carbocycles. The first-order chi connectivity index (χ1) is 37.4. The minimum atomic E-state index is -4.87. The second-order valence-electron chi connectivity index (χ2n) is 21.4. The molecule has 0 radical (unpaired) electrons. The highest BCUT2D eigenvalue weighted by atomic mass is 19.4. The molecular weight excluding hydrogens is 966 g/mol. The highest BCUT2D eigenvalue weighted by molar-refractivity contribution is 6.15. The minimum Gasteiger partial charge on any atom is -0.309 e. The molecule has 7 heteroatoms. The first-order valence-corrected chi connectivity index (χ1v) is 26.1. The number of hydrogen-bond acceptors (Lipinski definition) is 1. The first-order valence-electron chi connectivity index (χ1n) is 26.1. The van der Waals surface area contributed by atoms with Gasteiger partial charge in [-0.1, -0.05) is 160 Å². The van der Waals surface area contributed by atoms with Gasteiger partial charge in [-0.05, 0) is 161 Å². The van der Waals surface area contributed by atoms with Crippen LogP contribution in [0.3, 0.4) is 0 Å². The van der Waals surface area contributed by atoms with Crippen LogP contribution in [0.15, 0.2) is 176 Å². The Labute approximate surface area is 452 Å². The topological polar surface area (TPSA) is 38.0 Å². The Kier molecular flexibility index (Phi) is 11.8. The van der Waals surface area contributed by atoms with Gasteiger partial charge in [0.25, 0.3) is 0 Å². The SMILES string of the molecule is [C-]#[N+]c1cccc(C(F)(F)F)c1-c1c(-n2c3ccc(-c4cc(C)cc(C)c4)cc3c3cc(-c4cc(C)cc(C)c4)ccc32)cc(C#N)cc1-n1c2ccc(-c3cc(C)cc(C)c3)cc2c2cc(-c3cc(C)cc(C)c3)ccc21. The third-order valence-electron chi connectivity index (χ3n) is 15.2. The van der Waals surface area contributed by atoms with Gasteiger partial charge >= 0.3 is 6.18 Å². The van der Waals surface area contributed by atoms with Crippen LogP contribution < -0.4 is 0 Å².